The van der Waals surface area contributed by atoms with Crippen LogP contribution in [0.5, 0.6) is 0 Å². The Kier molecular flexibility index (Phi) is 16.2. The zero-order valence-electron chi connectivity index (χ0n) is 31.8. The normalized spacial score (nSPS) is 41.5. The molecule has 48 heavy (non-hydrogen) atoms. The van der Waals surface area contributed by atoms with E-state index < -0.39 is 77.8 Å². The molecule has 0 radical (unpaired) electrons. The summed E-state index contributed by atoms with van der Waals surface area (Å²) in [6.45, 7) is 16.3. The van der Waals surface area contributed by atoms with Crippen molar-refractivity contribution in [3.05, 3.63) is 0 Å². The van der Waals surface area contributed by atoms with Gasteiger partial charge < -0.3 is 53.7 Å². The maximum Gasteiger partial charge on any atom is 0.311 e. The van der Waals surface area contributed by atoms with Gasteiger partial charge in [0.15, 0.2) is 12.6 Å². The summed E-state index contributed by atoms with van der Waals surface area (Å²) in [6.07, 6.45) is -5.30. The van der Waals surface area contributed by atoms with Gasteiger partial charge >= 0.3 is 5.97 Å². The van der Waals surface area contributed by atoms with Crippen molar-refractivity contribution in [2.45, 2.75) is 167 Å². The maximum absolute atomic E-state index is 13.8. The number of ether oxygens (including phenoxy) is 6. The van der Waals surface area contributed by atoms with Crippen LogP contribution in [0.3, 0.4) is 0 Å². The molecule has 0 amide bonds. The number of cyclic esters (lactones) is 1. The molecule has 2 aliphatic rings. The second kappa shape index (κ2) is 18.0. The zero-order valence-corrected chi connectivity index (χ0v) is 31.8. The molecule has 0 aromatic heterocycles. The predicted octanol–water partition coefficient (Wildman–Crippen LogP) is 2.50. The van der Waals surface area contributed by atoms with Gasteiger partial charge in [-0.1, -0.05) is 13.8 Å². The van der Waals surface area contributed by atoms with E-state index in [9.17, 15) is 25.2 Å². The number of esters is 1. The van der Waals surface area contributed by atoms with Gasteiger partial charge in [0.05, 0.1) is 42.5 Å². The summed E-state index contributed by atoms with van der Waals surface area (Å²) in [6, 6.07) is 0.283. The molecule has 0 aromatic rings. The van der Waals surface area contributed by atoms with Gasteiger partial charge in [0.2, 0.25) is 0 Å². The van der Waals surface area contributed by atoms with E-state index in [0.717, 1.165) is 6.42 Å². The Morgan fingerprint density at radius 1 is 1.12 bits per heavy atom. The average Bonchev–Trinajstić information content (AvgIpc) is 3.02. The Hall–Kier alpha value is -0.970. The highest BCUT2D eigenvalue weighted by atomic mass is 16.7. The molecule has 14 atom stereocenters. The van der Waals surface area contributed by atoms with Gasteiger partial charge in [-0.15, -0.1) is 0 Å². The minimum absolute atomic E-state index is 0.127. The van der Waals surface area contributed by atoms with Crippen molar-refractivity contribution in [2.24, 2.45) is 11.3 Å². The molecule has 13 nitrogen and oxygen atoms in total. The molecule has 2 heterocycles. The molecular formula is C35H68N2O11. The number of hydrogen-bond donors (Lipinski definition) is 4. The second-order valence-electron chi connectivity index (χ2n) is 15.3. The summed E-state index contributed by atoms with van der Waals surface area (Å²) in [7, 11) is 7.24. The minimum atomic E-state index is -1.80. The lowest BCUT2D eigenvalue weighted by Crippen LogP contribution is -2.58. The second-order valence-corrected chi connectivity index (χ2v) is 15.3. The number of rotatable bonds is 12. The molecule has 0 saturated carbocycles. The zero-order chi connectivity index (χ0) is 36.8. The van der Waals surface area contributed by atoms with Gasteiger partial charge in [-0.3, -0.25) is 9.69 Å². The number of aliphatic hydroxyl groups is 4. The van der Waals surface area contributed by atoms with Gasteiger partial charge in [-0.25, -0.2) is 0 Å². The SMILES string of the molecule is CC[C@H]1OC(=O)C(C)[C@@H](O[C@H]2C[C@@](C)(OC)[C@@H](O)C(C)O2)C[C@@H](OC(C)OC(C)CC(C)N(C)C)[C@](C)(CO)CCN(C)C(O)[C@]1(C)O. The number of likely N-dealkylation sites (N-methyl/N-ethyl adjacent to an activating group) is 1. The Bertz CT molecular complexity index is 988. The third-order valence-electron chi connectivity index (χ3n) is 10.9. The lowest BCUT2D eigenvalue weighted by Gasteiger charge is -2.46. The minimum Gasteiger partial charge on any atom is -0.459 e. The standard InChI is InChI=1S/C35H68N2O11/c1-14-27-35(9,42)32(41)37(12)16-15-33(7,20-38)28(46-25(6)44-22(3)17-21(2)36(10)11)18-26(23(4)31(40)48-27)47-29-19-34(8,43-13)30(39)24(5)45-29/h21-30,32,38-39,41-42H,14-20H2,1-13H3/t21?,22?,23?,24?,25?,26-,27+,28+,29-,30-,32?,33-,34+,35+/m0/s1. The number of carbonyl (C=O) groups excluding carboxylic acids is 1. The summed E-state index contributed by atoms with van der Waals surface area (Å²) in [4.78, 5) is 17.6. The van der Waals surface area contributed by atoms with Gasteiger partial charge in [0.25, 0.3) is 0 Å². The van der Waals surface area contributed by atoms with Crippen LogP contribution in [-0.2, 0) is 33.2 Å². The molecule has 2 fully saturated rings. The molecule has 13 heteroatoms. The lowest BCUT2D eigenvalue weighted by molar-refractivity contribution is -0.296. The van der Waals surface area contributed by atoms with E-state index in [1.807, 2.05) is 34.9 Å². The van der Waals surface area contributed by atoms with Crippen molar-refractivity contribution in [1.82, 2.24) is 9.80 Å². The first-order valence-electron chi connectivity index (χ1n) is 17.6. The van der Waals surface area contributed by atoms with E-state index in [2.05, 4.69) is 11.8 Å². The van der Waals surface area contributed by atoms with Crippen LogP contribution in [0.2, 0.25) is 0 Å². The monoisotopic (exact) mass is 692 g/mol. The molecular weight excluding hydrogens is 624 g/mol. The van der Waals surface area contributed by atoms with Crippen molar-refractivity contribution in [2.75, 3.05) is 41.4 Å². The smallest absolute Gasteiger partial charge is 0.311 e. The quantitative estimate of drug-likeness (QED) is 0.175. The predicted molar refractivity (Wildman–Crippen MR) is 181 cm³/mol. The Morgan fingerprint density at radius 3 is 2.29 bits per heavy atom. The fraction of sp³-hybridized carbons (Fsp3) is 0.971. The fourth-order valence-corrected chi connectivity index (χ4v) is 6.74. The van der Waals surface area contributed by atoms with Crippen molar-refractivity contribution < 1.29 is 53.6 Å². The van der Waals surface area contributed by atoms with Crippen LogP contribution in [0.4, 0.5) is 0 Å². The number of methoxy groups -OCH3 is 1. The van der Waals surface area contributed by atoms with E-state index in [-0.39, 0.29) is 38.0 Å². The molecule has 2 aliphatic heterocycles. The molecule has 0 aliphatic carbocycles. The molecule has 284 valence electrons. The van der Waals surface area contributed by atoms with Crippen molar-refractivity contribution in [3.63, 3.8) is 0 Å². The molecule has 2 rings (SSSR count). The van der Waals surface area contributed by atoms with Gasteiger partial charge in [0, 0.05) is 38.0 Å². The lowest BCUT2D eigenvalue weighted by atomic mass is 9.77. The molecule has 0 spiro atoms. The topological polar surface area (TPSA) is 160 Å². The summed E-state index contributed by atoms with van der Waals surface area (Å²) in [5.41, 5.74) is -3.64. The first kappa shape index (κ1) is 43.2. The third-order valence-corrected chi connectivity index (χ3v) is 10.9. The van der Waals surface area contributed by atoms with Crippen molar-refractivity contribution >= 4 is 5.97 Å². The van der Waals surface area contributed by atoms with Crippen LogP contribution in [0.25, 0.3) is 0 Å². The molecule has 6 unspecified atom stereocenters. The molecule has 2 saturated heterocycles. The van der Waals surface area contributed by atoms with E-state index in [4.69, 9.17) is 28.4 Å². The Morgan fingerprint density at radius 2 is 1.75 bits per heavy atom. The van der Waals surface area contributed by atoms with Crippen LogP contribution in [-0.4, -0.2) is 150 Å². The average molecular weight is 693 g/mol. The highest BCUT2D eigenvalue weighted by Gasteiger charge is 2.49. The van der Waals surface area contributed by atoms with Crippen LogP contribution in [0, 0.1) is 11.3 Å². The first-order chi connectivity index (χ1) is 22.1. The molecule has 0 bridgehead atoms. The molecule has 4 N–H and O–H groups in total. The highest BCUT2D eigenvalue weighted by Crippen LogP contribution is 2.39. The summed E-state index contributed by atoms with van der Waals surface area (Å²) < 4.78 is 37.2. The van der Waals surface area contributed by atoms with Crippen LogP contribution < -0.4 is 0 Å². The Balaban J connectivity index is 2.56. The van der Waals surface area contributed by atoms with Gasteiger partial charge in [0.1, 0.15) is 24.0 Å². The van der Waals surface area contributed by atoms with Gasteiger partial charge in [-0.2, -0.15) is 0 Å². The van der Waals surface area contributed by atoms with E-state index >= 15 is 0 Å². The first-order valence-corrected chi connectivity index (χ1v) is 17.6. The summed E-state index contributed by atoms with van der Waals surface area (Å²) >= 11 is 0. The third kappa shape index (κ3) is 10.8. The highest BCUT2D eigenvalue weighted by molar-refractivity contribution is 5.73. The number of aliphatic hydroxyl groups excluding tert-OH is 3. The molecule has 0 aromatic carbocycles. The largest absolute Gasteiger partial charge is 0.459 e. The number of hydrogen-bond acceptors (Lipinski definition) is 13. The number of nitrogens with zero attached hydrogens (tertiary/aromatic N) is 2. The van der Waals surface area contributed by atoms with E-state index in [1.165, 1.54) is 14.0 Å². The number of carbonyl (C=O) groups is 1. The van der Waals surface area contributed by atoms with E-state index in [1.54, 1.807) is 39.6 Å². The maximum atomic E-state index is 13.8. The summed E-state index contributed by atoms with van der Waals surface area (Å²) in [5.74, 6) is -1.50. The fourth-order valence-electron chi connectivity index (χ4n) is 6.74. The Labute approximate surface area is 289 Å². The van der Waals surface area contributed by atoms with Crippen molar-refractivity contribution in [3.8, 4) is 0 Å². The van der Waals surface area contributed by atoms with E-state index in [0.29, 0.717) is 13.0 Å². The van der Waals surface area contributed by atoms with Crippen LogP contribution in [0.15, 0.2) is 0 Å². The van der Waals surface area contributed by atoms with Crippen molar-refractivity contribution in [1.29, 1.82) is 0 Å². The van der Waals surface area contributed by atoms with Crippen LogP contribution in [0.1, 0.15) is 94.4 Å². The van der Waals surface area contributed by atoms with Gasteiger partial charge in [-0.05, 0) is 88.9 Å². The van der Waals surface area contributed by atoms with Crippen LogP contribution >= 0.6 is 0 Å². The summed E-state index contributed by atoms with van der Waals surface area (Å²) in [5, 5.41) is 44.5.